The number of benzene rings is 1. The number of carbonyl (C=O) groups is 1. The van der Waals surface area contributed by atoms with Crippen LogP contribution in [-0.2, 0) is 4.74 Å². The molecule has 1 N–H and O–H groups in total. The van der Waals surface area contributed by atoms with Crippen molar-refractivity contribution in [2.75, 3.05) is 37.7 Å². The molecule has 1 aromatic carbocycles. The van der Waals surface area contributed by atoms with Crippen LogP contribution < -0.4 is 10.2 Å². The summed E-state index contributed by atoms with van der Waals surface area (Å²) in [5.74, 6) is 1.54. The Labute approximate surface area is 162 Å². The van der Waals surface area contributed by atoms with Crippen LogP contribution >= 0.6 is 0 Å². The van der Waals surface area contributed by atoms with Crippen molar-refractivity contribution in [3.8, 4) is 0 Å². The molecule has 2 aromatic rings. The first-order valence-electron chi connectivity index (χ1n) is 10.2. The highest BCUT2D eigenvalue weighted by atomic mass is 16.5. The number of carbonyl (C=O) groups excluding carboxylic acids is 1. The van der Waals surface area contributed by atoms with Gasteiger partial charge in [-0.2, -0.15) is 0 Å². The molecule has 0 radical (unpaired) electrons. The molecular formula is C22H31N3O2. The van der Waals surface area contributed by atoms with Gasteiger partial charge in [0.15, 0.2) is 0 Å². The molecule has 1 amide bonds. The summed E-state index contributed by atoms with van der Waals surface area (Å²) >= 11 is 0. The maximum Gasteiger partial charge on any atom is 0.252 e. The first-order chi connectivity index (χ1) is 13.2. The highest BCUT2D eigenvalue weighted by Gasteiger charge is 2.20. The Kier molecular flexibility index (Phi) is 7.04. The van der Waals surface area contributed by atoms with E-state index in [2.05, 4.69) is 24.1 Å². The van der Waals surface area contributed by atoms with E-state index in [4.69, 9.17) is 9.72 Å². The van der Waals surface area contributed by atoms with Crippen molar-refractivity contribution in [1.29, 1.82) is 0 Å². The zero-order chi connectivity index (χ0) is 19.1. The second kappa shape index (κ2) is 9.70. The van der Waals surface area contributed by atoms with E-state index < -0.39 is 0 Å². The molecule has 0 bridgehead atoms. The number of aromatic nitrogens is 1. The van der Waals surface area contributed by atoms with Gasteiger partial charge >= 0.3 is 0 Å². The molecule has 1 saturated heterocycles. The molecule has 1 aliphatic heterocycles. The number of para-hydroxylation sites is 1. The van der Waals surface area contributed by atoms with Gasteiger partial charge in [0.25, 0.3) is 5.91 Å². The summed E-state index contributed by atoms with van der Waals surface area (Å²) in [5.41, 5.74) is 1.59. The summed E-state index contributed by atoms with van der Waals surface area (Å²) in [6, 6.07) is 9.86. The lowest BCUT2D eigenvalue weighted by Crippen LogP contribution is -2.35. The van der Waals surface area contributed by atoms with E-state index in [1.807, 2.05) is 30.3 Å². The number of hydrogen-bond donors (Lipinski definition) is 1. The average molecular weight is 370 g/mol. The molecule has 1 atom stereocenters. The number of hydrogen-bond acceptors (Lipinski definition) is 4. The largest absolute Gasteiger partial charge is 0.381 e. The maximum absolute atomic E-state index is 12.8. The van der Waals surface area contributed by atoms with Crippen LogP contribution in [0.1, 0.15) is 49.9 Å². The zero-order valence-electron chi connectivity index (χ0n) is 16.5. The van der Waals surface area contributed by atoms with Crippen LogP contribution in [0, 0.1) is 5.92 Å². The summed E-state index contributed by atoms with van der Waals surface area (Å²) in [6.45, 7) is 8.46. The Bertz CT molecular complexity index is 762. The SMILES string of the molecule is CCCOCCCNC(=O)c1cc(N2CCC[C@H](C)C2)nc2ccccc12. The number of anilines is 1. The van der Waals surface area contributed by atoms with Crippen molar-refractivity contribution in [3.05, 3.63) is 35.9 Å². The van der Waals surface area contributed by atoms with Crippen molar-refractivity contribution in [3.63, 3.8) is 0 Å². The van der Waals surface area contributed by atoms with Crippen LogP contribution in [0.3, 0.4) is 0 Å². The molecule has 5 heteroatoms. The number of piperidine rings is 1. The zero-order valence-corrected chi connectivity index (χ0v) is 16.5. The molecule has 1 aromatic heterocycles. The topological polar surface area (TPSA) is 54.5 Å². The molecule has 0 spiro atoms. The van der Waals surface area contributed by atoms with Gasteiger partial charge in [0.05, 0.1) is 11.1 Å². The Morgan fingerprint density at radius 3 is 3.00 bits per heavy atom. The lowest BCUT2D eigenvalue weighted by atomic mass is 10.00. The summed E-state index contributed by atoms with van der Waals surface area (Å²) in [4.78, 5) is 20.0. The van der Waals surface area contributed by atoms with Gasteiger partial charge in [0, 0.05) is 38.2 Å². The summed E-state index contributed by atoms with van der Waals surface area (Å²) in [5, 5.41) is 3.95. The quantitative estimate of drug-likeness (QED) is 0.714. The van der Waals surface area contributed by atoms with Crippen LogP contribution in [0.15, 0.2) is 30.3 Å². The average Bonchev–Trinajstić information content (AvgIpc) is 2.69. The van der Waals surface area contributed by atoms with E-state index in [0.29, 0.717) is 24.6 Å². The second-order valence-corrected chi connectivity index (χ2v) is 7.46. The molecule has 27 heavy (non-hydrogen) atoms. The molecular weight excluding hydrogens is 338 g/mol. The van der Waals surface area contributed by atoms with Gasteiger partial charge in [-0.05, 0) is 43.7 Å². The van der Waals surface area contributed by atoms with Gasteiger partial charge in [-0.15, -0.1) is 0 Å². The van der Waals surface area contributed by atoms with Crippen molar-refractivity contribution in [2.24, 2.45) is 5.92 Å². The van der Waals surface area contributed by atoms with Crippen LogP contribution in [0.4, 0.5) is 5.82 Å². The van der Waals surface area contributed by atoms with Gasteiger partial charge in [0.2, 0.25) is 0 Å². The van der Waals surface area contributed by atoms with Gasteiger partial charge < -0.3 is 15.0 Å². The van der Waals surface area contributed by atoms with E-state index in [-0.39, 0.29) is 5.91 Å². The lowest BCUT2D eigenvalue weighted by Gasteiger charge is -2.32. The highest BCUT2D eigenvalue weighted by Crippen LogP contribution is 2.26. The molecule has 3 rings (SSSR count). The number of nitrogens with one attached hydrogen (secondary N) is 1. The molecule has 1 fully saturated rings. The molecule has 5 nitrogen and oxygen atoms in total. The van der Waals surface area contributed by atoms with Crippen LogP contribution in [0.25, 0.3) is 10.9 Å². The number of pyridine rings is 1. The fourth-order valence-electron chi connectivity index (χ4n) is 3.63. The molecule has 146 valence electrons. The van der Waals surface area contributed by atoms with E-state index in [1.54, 1.807) is 0 Å². The monoisotopic (exact) mass is 369 g/mol. The lowest BCUT2D eigenvalue weighted by molar-refractivity contribution is 0.0943. The maximum atomic E-state index is 12.8. The van der Waals surface area contributed by atoms with Crippen LogP contribution in [0.5, 0.6) is 0 Å². The number of nitrogens with zero attached hydrogens (tertiary/aromatic N) is 2. The fraction of sp³-hybridized carbons (Fsp3) is 0.545. The standard InChI is InChI=1S/C22H31N3O2/c1-3-13-27-14-7-11-23-22(26)19-15-21(25-12-6-8-17(2)16-25)24-20-10-5-4-9-18(19)20/h4-5,9-10,15,17H,3,6-8,11-14,16H2,1-2H3,(H,23,26)/t17-/m0/s1. The number of rotatable bonds is 8. The predicted molar refractivity (Wildman–Crippen MR) is 110 cm³/mol. The van der Waals surface area contributed by atoms with E-state index in [1.165, 1.54) is 12.8 Å². The molecule has 0 unspecified atom stereocenters. The van der Waals surface area contributed by atoms with Crippen molar-refractivity contribution in [2.45, 2.75) is 39.5 Å². The molecule has 0 saturated carbocycles. The summed E-state index contributed by atoms with van der Waals surface area (Å²) in [7, 11) is 0. The normalized spacial score (nSPS) is 17.3. The number of ether oxygens (including phenoxy) is 1. The van der Waals surface area contributed by atoms with Crippen LogP contribution in [0.2, 0.25) is 0 Å². The predicted octanol–water partition coefficient (Wildman–Crippen LogP) is 4.02. The third-order valence-corrected chi connectivity index (χ3v) is 5.03. The van der Waals surface area contributed by atoms with Gasteiger partial charge in [0.1, 0.15) is 5.82 Å². The third kappa shape index (κ3) is 5.19. The first-order valence-corrected chi connectivity index (χ1v) is 10.2. The molecule has 0 aliphatic carbocycles. The minimum atomic E-state index is -0.0320. The van der Waals surface area contributed by atoms with Crippen LogP contribution in [-0.4, -0.2) is 43.7 Å². The third-order valence-electron chi connectivity index (χ3n) is 5.03. The number of amides is 1. The van der Waals surface area contributed by atoms with E-state index >= 15 is 0 Å². The van der Waals surface area contributed by atoms with E-state index in [0.717, 1.165) is 49.3 Å². The van der Waals surface area contributed by atoms with Gasteiger partial charge in [-0.3, -0.25) is 4.79 Å². The van der Waals surface area contributed by atoms with Crippen molar-refractivity contribution in [1.82, 2.24) is 10.3 Å². The fourth-order valence-corrected chi connectivity index (χ4v) is 3.63. The summed E-state index contributed by atoms with van der Waals surface area (Å²) in [6.07, 6.45) is 4.28. The highest BCUT2D eigenvalue weighted by molar-refractivity contribution is 6.07. The van der Waals surface area contributed by atoms with Gasteiger partial charge in [-0.1, -0.05) is 32.0 Å². The Balaban J connectivity index is 1.75. The number of fused-ring (bicyclic) bond motifs is 1. The Morgan fingerprint density at radius 1 is 1.33 bits per heavy atom. The first kappa shape index (κ1) is 19.6. The minimum Gasteiger partial charge on any atom is -0.381 e. The van der Waals surface area contributed by atoms with Crippen molar-refractivity contribution >= 4 is 22.6 Å². The Morgan fingerprint density at radius 2 is 2.19 bits per heavy atom. The minimum absolute atomic E-state index is 0.0320. The van der Waals surface area contributed by atoms with E-state index in [9.17, 15) is 4.79 Å². The molecule has 1 aliphatic rings. The summed E-state index contributed by atoms with van der Waals surface area (Å²) < 4.78 is 5.48. The van der Waals surface area contributed by atoms with Crippen molar-refractivity contribution < 1.29 is 9.53 Å². The Hall–Kier alpha value is -2.14. The molecule has 2 heterocycles. The second-order valence-electron chi connectivity index (χ2n) is 7.46. The van der Waals surface area contributed by atoms with Gasteiger partial charge in [-0.25, -0.2) is 4.98 Å². The smallest absolute Gasteiger partial charge is 0.252 e.